The molecule has 2 atom stereocenters. The van der Waals surface area contributed by atoms with Crippen LogP contribution in [0.5, 0.6) is 0 Å². The highest BCUT2D eigenvalue weighted by molar-refractivity contribution is 5.04. The van der Waals surface area contributed by atoms with Gasteiger partial charge in [0.2, 0.25) is 0 Å². The van der Waals surface area contributed by atoms with Crippen molar-refractivity contribution >= 4 is 0 Å². The summed E-state index contributed by atoms with van der Waals surface area (Å²) in [6.07, 6.45) is 5.47. The lowest BCUT2D eigenvalue weighted by Gasteiger charge is -2.15. The molecular weight excluding hydrogens is 186 g/mol. The zero-order valence-electron chi connectivity index (χ0n) is 9.69. The number of rotatable bonds is 6. The van der Waals surface area contributed by atoms with Crippen molar-refractivity contribution in [2.45, 2.75) is 45.6 Å². The van der Waals surface area contributed by atoms with Crippen LogP contribution < -0.4 is 0 Å². The predicted molar refractivity (Wildman–Crippen MR) is 62.6 cm³/mol. The van der Waals surface area contributed by atoms with Crippen LogP contribution in [0, 0.1) is 5.92 Å². The Morgan fingerprint density at radius 3 is 2.80 bits per heavy atom. The van der Waals surface area contributed by atoms with Gasteiger partial charge in [0.05, 0.1) is 6.10 Å². The first-order valence-corrected chi connectivity index (χ1v) is 5.80. The fourth-order valence-electron chi connectivity index (χ4n) is 1.92. The van der Waals surface area contributed by atoms with Crippen molar-refractivity contribution in [3.05, 3.63) is 30.1 Å². The molecule has 1 aromatic heterocycles. The Bertz CT molecular complexity index is 260. The molecule has 0 radical (unpaired) electrons. The van der Waals surface area contributed by atoms with Crippen molar-refractivity contribution in [1.29, 1.82) is 0 Å². The Kier molecular flexibility index (Phi) is 5.33. The second-order valence-corrected chi connectivity index (χ2v) is 4.31. The van der Waals surface area contributed by atoms with E-state index < -0.39 is 0 Å². The standard InChI is InChI=1S/C13H21NO/c1-3-6-11(2)9-13(15)10-12-7-4-5-8-14-12/h4-5,7-8,11,13,15H,3,6,9-10H2,1-2H3. The Morgan fingerprint density at radius 1 is 1.40 bits per heavy atom. The lowest BCUT2D eigenvalue weighted by atomic mass is 9.96. The summed E-state index contributed by atoms with van der Waals surface area (Å²) in [7, 11) is 0. The van der Waals surface area contributed by atoms with E-state index in [0.717, 1.165) is 12.1 Å². The van der Waals surface area contributed by atoms with Gasteiger partial charge in [0.15, 0.2) is 0 Å². The summed E-state index contributed by atoms with van der Waals surface area (Å²) in [5.74, 6) is 0.605. The molecule has 1 aromatic rings. The van der Waals surface area contributed by atoms with Crippen LogP contribution in [-0.4, -0.2) is 16.2 Å². The van der Waals surface area contributed by atoms with Gasteiger partial charge in [-0.1, -0.05) is 32.8 Å². The number of aromatic nitrogens is 1. The van der Waals surface area contributed by atoms with Crippen LogP contribution in [0.3, 0.4) is 0 Å². The first-order chi connectivity index (χ1) is 7.22. The van der Waals surface area contributed by atoms with Crippen molar-refractivity contribution in [2.75, 3.05) is 0 Å². The van der Waals surface area contributed by atoms with Crippen LogP contribution in [0.1, 0.15) is 38.8 Å². The highest BCUT2D eigenvalue weighted by Crippen LogP contribution is 2.14. The van der Waals surface area contributed by atoms with Crippen LogP contribution in [0.15, 0.2) is 24.4 Å². The minimum atomic E-state index is -0.249. The summed E-state index contributed by atoms with van der Waals surface area (Å²) in [6, 6.07) is 5.83. The minimum Gasteiger partial charge on any atom is -0.393 e. The van der Waals surface area contributed by atoms with Crippen LogP contribution in [0.2, 0.25) is 0 Å². The molecular formula is C13H21NO. The molecule has 0 fully saturated rings. The van der Waals surface area contributed by atoms with Crippen molar-refractivity contribution in [3.8, 4) is 0 Å². The van der Waals surface area contributed by atoms with Gasteiger partial charge in [0, 0.05) is 18.3 Å². The van der Waals surface area contributed by atoms with E-state index >= 15 is 0 Å². The maximum Gasteiger partial charge on any atom is 0.0598 e. The average molecular weight is 207 g/mol. The molecule has 1 heterocycles. The maximum atomic E-state index is 9.86. The Labute approximate surface area is 92.4 Å². The third-order valence-corrected chi connectivity index (χ3v) is 2.63. The van der Waals surface area contributed by atoms with E-state index in [-0.39, 0.29) is 6.10 Å². The first-order valence-electron chi connectivity index (χ1n) is 5.80. The average Bonchev–Trinajstić information content (AvgIpc) is 2.19. The summed E-state index contributed by atoms with van der Waals surface area (Å²) in [4.78, 5) is 4.21. The molecule has 0 bridgehead atoms. The van der Waals surface area contributed by atoms with E-state index in [4.69, 9.17) is 0 Å². The molecule has 0 aliphatic rings. The van der Waals surface area contributed by atoms with Gasteiger partial charge in [0.1, 0.15) is 0 Å². The third-order valence-electron chi connectivity index (χ3n) is 2.63. The fourth-order valence-corrected chi connectivity index (χ4v) is 1.92. The van der Waals surface area contributed by atoms with Gasteiger partial charge in [-0.25, -0.2) is 0 Å². The monoisotopic (exact) mass is 207 g/mol. The highest BCUT2D eigenvalue weighted by Gasteiger charge is 2.10. The van der Waals surface area contributed by atoms with Crippen molar-refractivity contribution < 1.29 is 5.11 Å². The fraction of sp³-hybridized carbons (Fsp3) is 0.615. The van der Waals surface area contributed by atoms with Gasteiger partial charge in [-0.3, -0.25) is 4.98 Å². The van der Waals surface area contributed by atoms with Crippen molar-refractivity contribution in [2.24, 2.45) is 5.92 Å². The largest absolute Gasteiger partial charge is 0.393 e. The Hall–Kier alpha value is -0.890. The second-order valence-electron chi connectivity index (χ2n) is 4.31. The van der Waals surface area contributed by atoms with E-state index in [1.165, 1.54) is 12.8 Å². The zero-order chi connectivity index (χ0) is 11.1. The molecule has 0 saturated heterocycles. The number of aliphatic hydroxyl groups excluding tert-OH is 1. The predicted octanol–water partition coefficient (Wildman–Crippen LogP) is 2.81. The van der Waals surface area contributed by atoms with Crippen LogP contribution in [-0.2, 0) is 6.42 Å². The second kappa shape index (κ2) is 6.57. The van der Waals surface area contributed by atoms with Gasteiger partial charge in [-0.15, -0.1) is 0 Å². The molecule has 1 N–H and O–H groups in total. The van der Waals surface area contributed by atoms with Crippen molar-refractivity contribution in [3.63, 3.8) is 0 Å². The number of aliphatic hydroxyl groups is 1. The molecule has 0 aromatic carbocycles. The molecule has 0 aliphatic heterocycles. The summed E-state index contributed by atoms with van der Waals surface area (Å²) in [6.45, 7) is 4.38. The van der Waals surface area contributed by atoms with Crippen LogP contribution in [0.4, 0.5) is 0 Å². The third kappa shape index (κ3) is 4.93. The molecule has 2 nitrogen and oxygen atoms in total. The lowest BCUT2D eigenvalue weighted by Crippen LogP contribution is -2.15. The number of nitrogens with zero attached hydrogens (tertiary/aromatic N) is 1. The normalized spacial score (nSPS) is 14.9. The summed E-state index contributed by atoms with van der Waals surface area (Å²) in [5.41, 5.74) is 0.980. The molecule has 0 aliphatic carbocycles. The quantitative estimate of drug-likeness (QED) is 0.778. The minimum absolute atomic E-state index is 0.249. The summed E-state index contributed by atoms with van der Waals surface area (Å²) >= 11 is 0. The smallest absolute Gasteiger partial charge is 0.0598 e. The van der Waals surface area contributed by atoms with Gasteiger partial charge in [-0.2, -0.15) is 0 Å². The summed E-state index contributed by atoms with van der Waals surface area (Å²) in [5, 5.41) is 9.86. The van der Waals surface area contributed by atoms with E-state index in [0.29, 0.717) is 12.3 Å². The van der Waals surface area contributed by atoms with Gasteiger partial charge < -0.3 is 5.11 Å². The summed E-state index contributed by atoms with van der Waals surface area (Å²) < 4.78 is 0. The van der Waals surface area contributed by atoms with Crippen LogP contribution in [0.25, 0.3) is 0 Å². The van der Waals surface area contributed by atoms with E-state index in [1.807, 2.05) is 18.2 Å². The van der Waals surface area contributed by atoms with E-state index in [9.17, 15) is 5.11 Å². The van der Waals surface area contributed by atoms with Gasteiger partial charge in [0.25, 0.3) is 0 Å². The Morgan fingerprint density at radius 2 is 2.20 bits per heavy atom. The van der Waals surface area contributed by atoms with Crippen molar-refractivity contribution in [1.82, 2.24) is 4.98 Å². The molecule has 15 heavy (non-hydrogen) atoms. The Balaban J connectivity index is 2.33. The molecule has 2 heteroatoms. The van der Waals surface area contributed by atoms with E-state index in [2.05, 4.69) is 18.8 Å². The molecule has 2 unspecified atom stereocenters. The highest BCUT2D eigenvalue weighted by atomic mass is 16.3. The lowest BCUT2D eigenvalue weighted by molar-refractivity contribution is 0.142. The number of pyridine rings is 1. The molecule has 1 rings (SSSR count). The number of hydrogen-bond donors (Lipinski definition) is 1. The van der Waals surface area contributed by atoms with E-state index in [1.54, 1.807) is 6.20 Å². The number of hydrogen-bond acceptors (Lipinski definition) is 2. The van der Waals surface area contributed by atoms with Gasteiger partial charge in [-0.05, 0) is 24.5 Å². The SMILES string of the molecule is CCCC(C)CC(O)Cc1ccccn1. The zero-order valence-corrected chi connectivity index (χ0v) is 9.69. The molecule has 0 amide bonds. The first kappa shape index (κ1) is 12.2. The van der Waals surface area contributed by atoms with Crippen LogP contribution >= 0.6 is 0 Å². The molecule has 0 saturated carbocycles. The van der Waals surface area contributed by atoms with Gasteiger partial charge >= 0.3 is 0 Å². The molecule has 0 spiro atoms. The molecule has 84 valence electrons. The topological polar surface area (TPSA) is 33.1 Å². The maximum absolute atomic E-state index is 9.86.